The highest BCUT2D eigenvalue weighted by atomic mass is 19.1. The molecule has 0 radical (unpaired) electrons. The van der Waals surface area contributed by atoms with Crippen molar-refractivity contribution in [2.45, 2.75) is 26.9 Å². The summed E-state index contributed by atoms with van der Waals surface area (Å²) in [6.07, 6.45) is 0.980. The van der Waals surface area contributed by atoms with Gasteiger partial charge in [-0.15, -0.1) is 0 Å². The molecule has 3 nitrogen and oxygen atoms in total. The Morgan fingerprint density at radius 1 is 1.28 bits per heavy atom. The van der Waals surface area contributed by atoms with Crippen molar-refractivity contribution in [2.75, 3.05) is 0 Å². The topological polar surface area (TPSA) is 46.0 Å². The first-order chi connectivity index (χ1) is 8.49. The van der Waals surface area contributed by atoms with Crippen LogP contribution >= 0.6 is 0 Å². The Hall–Kier alpha value is -1.81. The van der Waals surface area contributed by atoms with E-state index in [9.17, 15) is 9.50 Å². The average molecular weight is 246 g/mol. The van der Waals surface area contributed by atoms with E-state index in [4.69, 9.17) is 0 Å². The SMILES string of the molecule is Cc1ccc(-c2ncc(C(C)O)c(C)n2)cc1F. The molecule has 2 aromatic rings. The Labute approximate surface area is 105 Å². The molecule has 1 atom stereocenters. The van der Waals surface area contributed by atoms with Gasteiger partial charge in [-0.3, -0.25) is 0 Å². The number of aryl methyl sites for hydroxylation is 2. The summed E-state index contributed by atoms with van der Waals surface area (Å²) in [5.41, 5.74) is 2.62. The molecule has 1 aromatic heterocycles. The lowest BCUT2D eigenvalue weighted by Crippen LogP contribution is -2.01. The second-order valence-corrected chi connectivity index (χ2v) is 4.37. The van der Waals surface area contributed by atoms with Gasteiger partial charge in [0.15, 0.2) is 5.82 Å². The first kappa shape index (κ1) is 12.6. The van der Waals surface area contributed by atoms with Crippen LogP contribution in [0.2, 0.25) is 0 Å². The Balaban J connectivity index is 2.45. The minimum absolute atomic E-state index is 0.270. The highest BCUT2D eigenvalue weighted by Gasteiger charge is 2.10. The van der Waals surface area contributed by atoms with Gasteiger partial charge in [0.25, 0.3) is 0 Å². The molecule has 1 N–H and O–H groups in total. The van der Waals surface area contributed by atoms with E-state index in [1.165, 1.54) is 6.07 Å². The molecule has 0 saturated carbocycles. The quantitative estimate of drug-likeness (QED) is 0.886. The fraction of sp³-hybridized carbons (Fsp3) is 0.286. The molecule has 0 saturated heterocycles. The normalized spacial score (nSPS) is 12.5. The zero-order valence-electron chi connectivity index (χ0n) is 10.6. The molecule has 1 aromatic carbocycles. The molecule has 0 fully saturated rings. The highest BCUT2D eigenvalue weighted by Crippen LogP contribution is 2.21. The fourth-order valence-electron chi connectivity index (χ4n) is 1.76. The minimum atomic E-state index is -0.603. The van der Waals surface area contributed by atoms with Crippen LogP contribution in [0.5, 0.6) is 0 Å². The molecule has 94 valence electrons. The molecule has 0 aliphatic rings. The third-order valence-corrected chi connectivity index (χ3v) is 2.90. The second kappa shape index (κ2) is 4.82. The van der Waals surface area contributed by atoms with E-state index in [0.29, 0.717) is 28.2 Å². The molecule has 1 unspecified atom stereocenters. The van der Waals surface area contributed by atoms with E-state index >= 15 is 0 Å². The van der Waals surface area contributed by atoms with Crippen molar-refractivity contribution in [2.24, 2.45) is 0 Å². The van der Waals surface area contributed by atoms with Crippen molar-refractivity contribution in [1.82, 2.24) is 9.97 Å². The lowest BCUT2D eigenvalue weighted by atomic mass is 10.1. The van der Waals surface area contributed by atoms with Crippen LogP contribution < -0.4 is 0 Å². The van der Waals surface area contributed by atoms with Crippen LogP contribution in [0.15, 0.2) is 24.4 Å². The molecule has 18 heavy (non-hydrogen) atoms. The van der Waals surface area contributed by atoms with Crippen molar-refractivity contribution in [3.05, 3.63) is 47.0 Å². The Morgan fingerprint density at radius 3 is 2.56 bits per heavy atom. The standard InChI is InChI=1S/C14H15FN2O/c1-8-4-5-11(6-13(8)15)14-16-7-12(10(3)18)9(2)17-14/h4-7,10,18H,1-3H3. The van der Waals surface area contributed by atoms with E-state index in [0.717, 1.165) is 0 Å². The first-order valence-corrected chi connectivity index (χ1v) is 5.77. The van der Waals surface area contributed by atoms with E-state index in [1.54, 1.807) is 39.1 Å². The van der Waals surface area contributed by atoms with Crippen molar-refractivity contribution < 1.29 is 9.50 Å². The van der Waals surface area contributed by atoms with E-state index in [-0.39, 0.29) is 5.82 Å². The van der Waals surface area contributed by atoms with Crippen molar-refractivity contribution in [1.29, 1.82) is 0 Å². The molecule has 4 heteroatoms. The highest BCUT2D eigenvalue weighted by molar-refractivity contribution is 5.56. The predicted octanol–water partition coefficient (Wildman–Crippen LogP) is 2.95. The van der Waals surface area contributed by atoms with E-state index < -0.39 is 6.10 Å². The molecule has 2 rings (SSSR count). The summed E-state index contributed by atoms with van der Waals surface area (Å²) in [5.74, 6) is 0.198. The maximum Gasteiger partial charge on any atom is 0.159 e. The molecule has 0 bridgehead atoms. The van der Waals surface area contributed by atoms with Gasteiger partial charge in [0, 0.05) is 23.0 Å². The van der Waals surface area contributed by atoms with Crippen LogP contribution in [0, 0.1) is 19.7 Å². The summed E-state index contributed by atoms with van der Waals surface area (Å²) >= 11 is 0. The third-order valence-electron chi connectivity index (χ3n) is 2.90. The van der Waals surface area contributed by atoms with E-state index in [1.807, 2.05) is 0 Å². The van der Waals surface area contributed by atoms with Gasteiger partial charge >= 0.3 is 0 Å². The molecular weight excluding hydrogens is 231 g/mol. The lowest BCUT2D eigenvalue weighted by molar-refractivity contribution is 0.197. The summed E-state index contributed by atoms with van der Waals surface area (Å²) in [7, 11) is 0. The Bertz CT molecular complexity index is 582. The van der Waals surface area contributed by atoms with Gasteiger partial charge in [-0.2, -0.15) is 0 Å². The number of rotatable bonds is 2. The fourth-order valence-corrected chi connectivity index (χ4v) is 1.76. The Morgan fingerprint density at radius 2 is 2.00 bits per heavy atom. The van der Waals surface area contributed by atoms with Crippen LogP contribution in [0.1, 0.15) is 29.8 Å². The number of hydrogen-bond donors (Lipinski definition) is 1. The molecule has 0 aliphatic carbocycles. The van der Waals surface area contributed by atoms with Crippen LogP contribution in [-0.4, -0.2) is 15.1 Å². The number of aromatic nitrogens is 2. The Kier molecular flexibility index (Phi) is 3.39. The minimum Gasteiger partial charge on any atom is -0.389 e. The number of nitrogens with zero attached hydrogens (tertiary/aromatic N) is 2. The van der Waals surface area contributed by atoms with Crippen LogP contribution in [0.4, 0.5) is 4.39 Å². The number of benzene rings is 1. The predicted molar refractivity (Wildman–Crippen MR) is 67.5 cm³/mol. The van der Waals surface area contributed by atoms with Crippen LogP contribution in [0.3, 0.4) is 0 Å². The molecular formula is C14H15FN2O. The monoisotopic (exact) mass is 246 g/mol. The lowest BCUT2D eigenvalue weighted by Gasteiger charge is -2.09. The molecule has 0 aliphatic heterocycles. The molecule has 0 amide bonds. The van der Waals surface area contributed by atoms with Crippen LogP contribution in [0.25, 0.3) is 11.4 Å². The van der Waals surface area contributed by atoms with Gasteiger partial charge in [0.1, 0.15) is 5.82 Å². The average Bonchev–Trinajstić information content (AvgIpc) is 2.32. The van der Waals surface area contributed by atoms with Gasteiger partial charge in [-0.05, 0) is 32.4 Å². The van der Waals surface area contributed by atoms with Gasteiger partial charge in [0.05, 0.1) is 6.10 Å². The van der Waals surface area contributed by atoms with Crippen molar-refractivity contribution in [3.63, 3.8) is 0 Å². The largest absolute Gasteiger partial charge is 0.389 e. The molecule has 0 spiro atoms. The van der Waals surface area contributed by atoms with Gasteiger partial charge in [0.2, 0.25) is 0 Å². The zero-order valence-corrected chi connectivity index (χ0v) is 10.6. The first-order valence-electron chi connectivity index (χ1n) is 5.77. The summed E-state index contributed by atoms with van der Waals surface area (Å²) < 4.78 is 13.5. The van der Waals surface area contributed by atoms with Crippen molar-refractivity contribution in [3.8, 4) is 11.4 Å². The van der Waals surface area contributed by atoms with Gasteiger partial charge < -0.3 is 5.11 Å². The summed E-state index contributed by atoms with van der Waals surface area (Å²) in [5, 5.41) is 9.51. The van der Waals surface area contributed by atoms with Gasteiger partial charge in [-0.1, -0.05) is 12.1 Å². The van der Waals surface area contributed by atoms with E-state index in [2.05, 4.69) is 9.97 Å². The van der Waals surface area contributed by atoms with Crippen molar-refractivity contribution >= 4 is 0 Å². The number of hydrogen-bond acceptors (Lipinski definition) is 3. The summed E-state index contributed by atoms with van der Waals surface area (Å²) in [6, 6.07) is 4.91. The maximum atomic E-state index is 13.5. The smallest absolute Gasteiger partial charge is 0.159 e. The summed E-state index contributed by atoms with van der Waals surface area (Å²) in [4.78, 5) is 8.46. The maximum absolute atomic E-state index is 13.5. The summed E-state index contributed by atoms with van der Waals surface area (Å²) in [6.45, 7) is 5.18. The molecule has 1 heterocycles. The number of halogens is 1. The zero-order chi connectivity index (χ0) is 13.3. The van der Waals surface area contributed by atoms with Gasteiger partial charge in [-0.25, -0.2) is 14.4 Å². The number of aliphatic hydroxyl groups excluding tert-OH is 1. The van der Waals surface area contributed by atoms with Crippen LogP contribution in [-0.2, 0) is 0 Å². The number of aliphatic hydroxyl groups is 1. The third kappa shape index (κ3) is 2.38. The second-order valence-electron chi connectivity index (χ2n) is 4.37.